The van der Waals surface area contributed by atoms with Gasteiger partial charge in [-0.2, -0.15) is 0 Å². The van der Waals surface area contributed by atoms with E-state index in [4.69, 9.17) is 9.47 Å². The highest BCUT2D eigenvalue weighted by Gasteiger charge is 2.79. The van der Waals surface area contributed by atoms with Crippen LogP contribution >= 0.6 is 0 Å². The molecule has 37 heavy (non-hydrogen) atoms. The van der Waals surface area contributed by atoms with E-state index < -0.39 is 46.5 Å². The van der Waals surface area contributed by atoms with Gasteiger partial charge in [-0.05, 0) is 77.6 Å². The van der Waals surface area contributed by atoms with Crippen LogP contribution in [0, 0.1) is 28.6 Å². The van der Waals surface area contributed by atoms with Crippen molar-refractivity contribution in [2.45, 2.75) is 101 Å². The van der Waals surface area contributed by atoms with E-state index in [0.29, 0.717) is 19.3 Å². The predicted molar refractivity (Wildman–Crippen MR) is 136 cm³/mol. The molecule has 5 fully saturated rings. The normalized spacial score (nSPS) is 49.3. The fourth-order valence-corrected chi connectivity index (χ4v) is 9.50. The van der Waals surface area contributed by atoms with Gasteiger partial charge in [-0.15, -0.1) is 0 Å². The number of aliphatic hydroxyl groups excluding tert-OH is 1. The Kier molecular flexibility index (Phi) is 5.97. The number of halogens is 1. The Bertz CT molecular complexity index is 1050. The second-order valence-electron chi connectivity index (χ2n) is 13.4. The molecule has 9 atom stereocenters. The summed E-state index contributed by atoms with van der Waals surface area (Å²) in [7, 11) is 3.75. The maximum absolute atomic E-state index is 17.5. The van der Waals surface area contributed by atoms with Gasteiger partial charge in [-0.1, -0.05) is 37.8 Å². The van der Waals surface area contributed by atoms with Crippen molar-refractivity contribution in [1.29, 1.82) is 0 Å². The maximum atomic E-state index is 17.5. The second-order valence-corrected chi connectivity index (χ2v) is 13.4. The molecule has 0 unspecified atom stereocenters. The molecule has 0 aromatic carbocycles. The van der Waals surface area contributed by atoms with Crippen LogP contribution in [0.3, 0.4) is 0 Å². The van der Waals surface area contributed by atoms with Gasteiger partial charge in [-0.25, -0.2) is 4.39 Å². The molecule has 5 aliphatic carbocycles. The Morgan fingerprint density at radius 2 is 1.89 bits per heavy atom. The van der Waals surface area contributed by atoms with Gasteiger partial charge in [0, 0.05) is 22.7 Å². The first-order valence-corrected chi connectivity index (χ1v) is 14.3. The topological polar surface area (TPSA) is 76.1 Å². The van der Waals surface area contributed by atoms with Gasteiger partial charge < -0.3 is 19.5 Å². The maximum Gasteiger partial charge on any atom is 0.181 e. The number of allylic oxidation sites excluding steroid dienone is 4. The Labute approximate surface area is 219 Å². The summed E-state index contributed by atoms with van der Waals surface area (Å²) < 4.78 is 31.0. The van der Waals surface area contributed by atoms with Gasteiger partial charge in [0.15, 0.2) is 29.1 Å². The molecule has 6 nitrogen and oxygen atoms in total. The number of ketones is 2. The number of likely N-dealkylation sites (N-methyl/N-ethyl adjacent to an activating group) is 1. The Morgan fingerprint density at radius 3 is 2.59 bits per heavy atom. The molecule has 7 heteroatoms. The summed E-state index contributed by atoms with van der Waals surface area (Å²) in [5, 5.41) is 11.7. The van der Waals surface area contributed by atoms with E-state index in [2.05, 4.69) is 6.92 Å². The number of hydrogen-bond acceptors (Lipinski definition) is 6. The van der Waals surface area contributed by atoms with Gasteiger partial charge in [-0.3, -0.25) is 9.59 Å². The fourth-order valence-electron chi connectivity index (χ4n) is 9.50. The number of carbonyl (C=O) groups is 2. The number of carbonyl (C=O) groups excluding carboxylic acids is 2. The lowest BCUT2D eigenvalue weighted by molar-refractivity contribution is -0.235. The molecule has 6 rings (SSSR count). The lowest BCUT2D eigenvalue weighted by Gasteiger charge is -2.62. The number of Topliss-reactive ketones (excluding diaryl/α,β-unsaturated/α-hetero) is 1. The zero-order valence-corrected chi connectivity index (χ0v) is 22.7. The second kappa shape index (κ2) is 8.54. The molecule has 4 saturated carbocycles. The summed E-state index contributed by atoms with van der Waals surface area (Å²) in [5.74, 6) is -0.505. The van der Waals surface area contributed by atoms with E-state index in [0.717, 1.165) is 31.3 Å². The van der Waals surface area contributed by atoms with Crippen molar-refractivity contribution in [3.05, 3.63) is 23.8 Å². The fraction of sp³-hybridized carbons (Fsp3) is 0.800. The largest absolute Gasteiger partial charge is 0.390 e. The standard InChI is InChI=1S/C30H42FNO5/c1-27-13-12-20(33)14-19(27)10-11-21-22-15-25-30(24(35)17-32(3)4,28(22,2)16-23(34)29(21,27)31)37-26(36-25)18-8-6-5-7-9-18/h12-14,18,21-23,25-26,34H,5-11,15-17H2,1-4H3/t21-,22-,23-,25+,26+,27-,28-,29-,30+/m0/s1. The van der Waals surface area contributed by atoms with E-state index in [-0.39, 0.29) is 36.4 Å². The van der Waals surface area contributed by atoms with Crippen molar-refractivity contribution in [3.63, 3.8) is 0 Å². The summed E-state index contributed by atoms with van der Waals surface area (Å²) in [6.45, 7) is 4.10. The minimum absolute atomic E-state index is 0.0184. The van der Waals surface area contributed by atoms with Gasteiger partial charge in [0.1, 0.15) is 0 Å². The summed E-state index contributed by atoms with van der Waals surface area (Å²) in [5.41, 5.74) is -4.15. The van der Waals surface area contributed by atoms with Crippen LogP contribution in [0.15, 0.2) is 23.8 Å². The Morgan fingerprint density at radius 1 is 1.16 bits per heavy atom. The minimum atomic E-state index is -1.92. The zero-order chi connectivity index (χ0) is 26.4. The zero-order valence-electron chi connectivity index (χ0n) is 22.7. The molecule has 0 aromatic rings. The van der Waals surface area contributed by atoms with Crippen molar-refractivity contribution in [2.75, 3.05) is 20.6 Å². The summed E-state index contributed by atoms with van der Waals surface area (Å²) in [6.07, 6.45) is 9.95. The number of hydrogen-bond donors (Lipinski definition) is 1. The first-order chi connectivity index (χ1) is 17.5. The van der Waals surface area contributed by atoms with Crippen molar-refractivity contribution in [1.82, 2.24) is 4.90 Å². The molecule has 0 amide bonds. The Hall–Kier alpha value is -1.41. The number of aliphatic hydroxyl groups is 1. The number of nitrogens with zero attached hydrogens (tertiary/aromatic N) is 1. The van der Waals surface area contributed by atoms with Crippen molar-refractivity contribution in [3.8, 4) is 0 Å². The molecule has 0 radical (unpaired) electrons. The first kappa shape index (κ1) is 25.8. The minimum Gasteiger partial charge on any atom is -0.390 e. The average molecular weight is 516 g/mol. The van der Waals surface area contributed by atoms with Crippen molar-refractivity contribution in [2.24, 2.45) is 28.6 Å². The van der Waals surface area contributed by atoms with E-state index >= 15 is 4.39 Å². The van der Waals surface area contributed by atoms with Gasteiger partial charge in [0.25, 0.3) is 0 Å². The van der Waals surface area contributed by atoms with Gasteiger partial charge >= 0.3 is 0 Å². The number of ether oxygens (including phenoxy) is 2. The van der Waals surface area contributed by atoms with Crippen LogP contribution in [0.4, 0.5) is 4.39 Å². The molecule has 1 heterocycles. The monoisotopic (exact) mass is 515 g/mol. The third kappa shape index (κ3) is 3.30. The Balaban J connectivity index is 1.41. The SMILES string of the molecule is CN(C)CC(=O)[C@@]12O[C@H](C3CCCCC3)O[C@@H]1C[C@H]1[C@@H]3CCC4=CC(=O)C=C[C@]4(C)[C@@]3(F)[C@@H](O)C[C@@]12C. The number of fused-ring (bicyclic) bond motifs is 7. The van der Waals surface area contributed by atoms with E-state index in [9.17, 15) is 14.7 Å². The molecule has 1 saturated heterocycles. The molecule has 0 spiro atoms. The van der Waals surface area contributed by atoms with E-state index in [1.165, 1.54) is 12.5 Å². The number of rotatable bonds is 4. The van der Waals surface area contributed by atoms with Crippen LogP contribution in [0.25, 0.3) is 0 Å². The van der Waals surface area contributed by atoms with Crippen LogP contribution in [-0.4, -0.2) is 72.0 Å². The van der Waals surface area contributed by atoms with Crippen LogP contribution in [0.5, 0.6) is 0 Å². The quantitative estimate of drug-likeness (QED) is 0.606. The van der Waals surface area contributed by atoms with E-state index in [1.54, 1.807) is 12.2 Å². The lowest BCUT2D eigenvalue weighted by Crippen LogP contribution is -2.70. The van der Waals surface area contributed by atoms with Crippen LogP contribution < -0.4 is 0 Å². The highest BCUT2D eigenvalue weighted by atomic mass is 19.1. The lowest BCUT2D eigenvalue weighted by atomic mass is 9.44. The predicted octanol–water partition coefficient (Wildman–Crippen LogP) is 4.16. The summed E-state index contributed by atoms with van der Waals surface area (Å²) >= 11 is 0. The van der Waals surface area contributed by atoms with Crippen molar-refractivity contribution < 1.29 is 28.6 Å². The average Bonchev–Trinajstić information content (AvgIpc) is 3.35. The highest BCUT2D eigenvalue weighted by molar-refractivity contribution is 6.01. The highest BCUT2D eigenvalue weighted by Crippen LogP contribution is 2.72. The summed E-state index contributed by atoms with van der Waals surface area (Å²) in [4.78, 5) is 28.1. The third-order valence-electron chi connectivity index (χ3n) is 11.3. The van der Waals surface area contributed by atoms with E-state index in [1.807, 2.05) is 25.9 Å². The molecule has 1 aliphatic heterocycles. The van der Waals surface area contributed by atoms with Gasteiger partial charge in [0.05, 0.1) is 18.8 Å². The summed E-state index contributed by atoms with van der Waals surface area (Å²) in [6, 6.07) is 0. The molecular formula is C30H42FNO5. The third-order valence-corrected chi connectivity index (χ3v) is 11.3. The van der Waals surface area contributed by atoms with Crippen LogP contribution in [0.2, 0.25) is 0 Å². The smallest absolute Gasteiger partial charge is 0.181 e. The molecule has 6 aliphatic rings. The van der Waals surface area contributed by atoms with Crippen LogP contribution in [0.1, 0.15) is 71.6 Å². The molecular weight excluding hydrogens is 473 g/mol. The molecule has 1 N–H and O–H groups in total. The molecule has 0 bridgehead atoms. The molecule has 204 valence electrons. The van der Waals surface area contributed by atoms with Gasteiger partial charge in [0.2, 0.25) is 0 Å². The van der Waals surface area contributed by atoms with Crippen molar-refractivity contribution >= 4 is 11.6 Å². The first-order valence-electron chi connectivity index (χ1n) is 14.3. The number of alkyl halides is 1. The molecule has 0 aromatic heterocycles. The van der Waals surface area contributed by atoms with Crippen LogP contribution in [-0.2, 0) is 19.1 Å².